The lowest BCUT2D eigenvalue weighted by molar-refractivity contribution is 0.238. The van der Waals surface area contributed by atoms with E-state index in [2.05, 4.69) is 60.0 Å². The molecule has 1 aromatic rings. The van der Waals surface area contributed by atoms with E-state index in [1.165, 1.54) is 50.9 Å². The summed E-state index contributed by atoms with van der Waals surface area (Å²) in [5.41, 5.74) is 1.49. The van der Waals surface area contributed by atoms with Crippen LogP contribution in [0.3, 0.4) is 0 Å². The number of hydrogen-bond acceptors (Lipinski definition) is 3. The van der Waals surface area contributed by atoms with Crippen molar-refractivity contribution in [1.82, 2.24) is 15.5 Å². The fourth-order valence-electron chi connectivity index (χ4n) is 3.18. The van der Waals surface area contributed by atoms with E-state index in [-0.39, 0.29) is 0 Å². The molecular weight excluding hydrogens is 258 g/mol. The fourth-order valence-corrected chi connectivity index (χ4v) is 3.18. The summed E-state index contributed by atoms with van der Waals surface area (Å²) in [5, 5.41) is 6.78. The third-order valence-corrected chi connectivity index (χ3v) is 4.61. The standard InChI is InChI=1S/C11H15N.C7H16N2/c1-2-5-10(6-3-1)11-7-4-8-12-9-11;1-9(2)7-3-5-8-6-4-7/h1-3,5-6,11-12H,4,7-9H2;7-8H,3-6H2,1-2H3. The van der Waals surface area contributed by atoms with Crippen molar-refractivity contribution in [3.8, 4) is 0 Å². The molecule has 1 unspecified atom stereocenters. The molecule has 0 amide bonds. The number of nitrogens with zero attached hydrogens (tertiary/aromatic N) is 1. The molecule has 118 valence electrons. The maximum atomic E-state index is 3.43. The SMILES string of the molecule is CN(C)C1CCNCC1.c1ccc(C2CCCNC2)cc1. The largest absolute Gasteiger partial charge is 0.317 e. The van der Waals surface area contributed by atoms with Crippen molar-refractivity contribution < 1.29 is 0 Å². The molecular formula is C18H31N3. The van der Waals surface area contributed by atoms with Gasteiger partial charge in [0.05, 0.1) is 0 Å². The van der Waals surface area contributed by atoms with Gasteiger partial charge in [0.25, 0.3) is 0 Å². The van der Waals surface area contributed by atoms with Crippen molar-refractivity contribution in [2.45, 2.75) is 37.6 Å². The minimum absolute atomic E-state index is 0.750. The zero-order valence-corrected chi connectivity index (χ0v) is 13.6. The van der Waals surface area contributed by atoms with Crippen LogP contribution in [-0.2, 0) is 0 Å². The van der Waals surface area contributed by atoms with Crippen molar-refractivity contribution in [3.05, 3.63) is 35.9 Å². The quantitative estimate of drug-likeness (QED) is 0.876. The van der Waals surface area contributed by atoms with E-state index in [1.807, 2.05) is 0 Å². The molecule has 2 N–H and O–H groups in total. The highest BCUT2D eigenvalue weighted by atomic mass is 15.1. The first kappa shape index (κ1) is 16.5. The van der Waals surface area contributed by atoms with Gasteiger partial charge in [-0.3, -0.25) is 0 Å². The van der Waals surface area contributed by atoms with Gasteiger partial charge in [0.1, 0.15) is 0 Å². The lowest BCUT2D eigenvalue weighted by Crippen LogP contribution is -2.39. The maximum absolute atomic E-state index is 3.43. The Morgan fingerprint density at radius 2 is 1.62 bits per heavy atom. The summed E-state index contributed by atoms with van der Waals surface area (Å²) in [4.78, 5) is 2.32. The molecule has 2 heterocycles. The maximum Gasteiger partial charge on any atom is 0.0113 e. The predicted octanol–water partition coefficient (Wildman–Crippen LogP) is 2.45. The molecule has 0 bridgehead atoms. The summed E-state index contributed by atoms with van der Waals surface area (Å²) in [5.74, 6) is 0.750. The second kappa shape index (κ2) is 9.19. The van der Waals surface area contributed by atoms with Crippen molar-refractivity contribution >= 4 is 0 Å². The lowest BCUT2D eigenvalue weighted by Gasteiger charge is -2.28. The minimum Gasteiger partial charge on any atom is -0.317 e. The van der Waals surface area contributed by atoms with E-state index in [0.717, 1.165) is 18.5 Å². The van der Waals surface area contributed by atoms with Crippen LogP contribution in [0.15, 0.2) is 30.3 Å². The topological polar surface area (TPSA) is 27.3 Å². The van der Waals surface area contributed by atoms with E-state index in [4.69, 9.17) is 0 Å². The van der Waals surface area contributed by atoms with Gasteiger partial charge < -0.3 is 15.5 Å². The van der Waals surface area contributed by atoms with Gasteiger partial charge in [0, 0.05) is 12.6 Å². The van der Waals surface area contributed by atoms with Crippen molar-refractivity contribution in [2.24, 2.45) is 0 Å². The number of hydrogen-bond donors (Lipinski definition) is 2. The summed E-state index contributed by atoms with van der Waals surface area (Å²) in [7, 11) is 4.33. The summed E-state index contributed by atoms with van der Waals surface area (Å²) in [6.45, 7) is 4.75. The highest BCUT2D eigenvalue weighted by Gasteiger charge is 2.14. The molecule has 2 aliphatic heterocycles. The molecule has 1 aromatic carbocycles. The Morgan fingerprint density at radius 1 is 0.905 bits per heavy atom. The van der Waals surface area contributed by atoms with E-state index in [0.29, 0.717) is 0 Å². The Bertz CT molecular complexity index is 365. The molecule has 2 aliphatic rings. The average Bonchev–Trinajstić information content (AvgIpc) is 2.58. The molecule has 2 fully saturated rings. The van der Waals surface area contributed by atoms with Crippen LogP contribution in [0.2, 0.25) is 0 Å². The van der Waals surface area contributed by atoms with E-state index >= 15 is 0 Å². The first-order valence-electron chi connectivity index (χ1n) is 8.40. The van der Waals surface area contributed by atoms with Crippen LogP contribution in [0.25, 0.3) is 0 Å². The van der Waals surface area contributed by atoms with Crippen LogP contribution in [-0.4, -0.2) is 51.2 Å². The Morgan fingerprint density at radius 3 is 2.14 bits per heavy atom. The number of piperidine rings is 2. The third-order valence-electron chi connectivity index (χ3n) is 4.61. The summed E-state index contributed by atoms with van der Waals surface area (Å²) < 4.78 is 0. The predicted molar refractivity (Wildman–Crippen MR) is 90.9 cm³/mol. The highest BCUT2D eigenvalue weighted by Crippen LogP contribution is 2.22. The lowest BCUT2D eigenvalue weighted by atomic mass is 9.92. The molecule has 3 nitrogen and oxygen atoms in total. The molecule has 3 heteroatoms. The second-order valence-corrected chi connectivity index (χ2v) is 6.40. The van der Waals surface area contributed by atoms with Crippen LogP contribution in [0.4, 0.5) is 0 Å². The van der Waals surface area contributed by atoms with Crippen LogP contribution < -0.4 is 10.6 Å². The third kappa shape index (κ3) is 5.77. The molecule has 0 aliphatic carbocycles. The monoisotopic (exact) mass is 289 g/mol. The Hall–Kier alpha value is -0.900. The summed E-state index contributed by atoms with van der Waals surface area (Å²) in [6.07, 6.45) is 5.29. The van der Waals surface area contributed by atoms with Gasteiger partial charge in [-0.1, -0.05) is 30.3 Å². The molecule has 2 saturated heterocycles. The smallest absolute Gasteiger partial charge is 0.0113 e. The van der Waals surface area contributed by atoms with Crippen molar-refractivity contribution in [1.29, 1.82) is 0 Å². The Balaban J connectivity index is 0.000000161. The molecule has 21 heavy (non-hydrogen) atoms. The second-order valence-electron chi connectivity index (χ2n) is 6.40. The van der Waals surface area contributed by atoms with Gasteiger partial charge in [0.2, 0.25) is 0 Å². The minimum atomic E-state index is 0.750. The zero-order valence-electron chi connectivity index (χ0n) is 13.6. The normalized spacial score (nSPS) is 23.5. The number of benzene rings is 1. The van der Waals surface area contributed by atoms with Crippen molar-refractivity contribution in [2.75, 3.05) is 40.3 Å². The first-order chi connectivity index (χ1) is 10.3. The molecule has 0 radical (unpaired) electrons. The van der Waals surface area contributed by atoms with Crippen LogP contribution in [0.5, 0.6) is 0 Å². The molecule has 0 spiro atoms. The molecule has 0 aromatic heterocycles. The van der Waals surface area contributed by atoms with Gasteiger partial charge in [-0.2, -0.15) is 0 Å². The summed E-state index contributed by atoms with van der Waals surface area (Å²) in [6, 6.07) is 11.6. The number of rotatable bonds is 2. The highest BCUT2D eigenvalue weighted by molar-refractivity contribution is 5.20. The average molecular weight is 289 g/mol. The van der Waals surface area contributed by atoms with Crippen LogP contribution >= 0.6 is 0 Å². The van der Waals surface area contributed by atoms with Crippen molar-refractivity contribution in [3.63, 3.8) is 0 Å². The Labute approximate surface area is 130 Å². The van der Waals surface area contributed by atoms with Gasteiger partial charge in [0.15, 0.2) is 0 Å². The van der Waals surface area contributed by atoms with Gasteiger partial charge in [-0.25, -0.2) is 0 Å². The van der Waals surface area contributed by atoms with Gasteiger partial charge in [-0.05, 0) is 70.9 Å². The first-order valence-corrected chi connectivity index (χ1v) is 8.40. The van der Waals surface area contributed by atoms with Crippen LogP contribution in [0, 0.1) is 0 Å². The van der Waals surface area contributed by atoms with Gasteiger partial charge >= 0.3 is 0 Å². The molecule has 1 atom stereocenters. The van der Waals surface area contributed by atoms with E-state index in [9.17, 15) is 0 Å². The van der Waals surface area contributed by atoms with E-state index < -0.39 is 0 Å². The Kier molecular flexibility index (Phi) is 7.20. The number of nitrogens with one attached hydrogen (secondary N) is 2. The molecule has 3 rings (SSSR count). The fraction of sp³-hybridized carbons (Fsp3) is 0.667. The van der Waals surface area contributed by atoms with E-state index in [1.54, 1.807) is 0 Å². The van der Waals surface area contributed by atoms with Gasteiger partial charge in [-0.15, -0.1) is 0 Å². The molecule has 0 saturated carbocycles. The summed E-state index contributed by atoms with van der Waals surface area (Å²) >= 11 is 0. The van der Waals surface area contributed by atoms with Crippen LogP contribution in [0.1, 0.15) is 37.2 Å². The zero-order chi connectivity index (χ0) is 14.9.